The largest absolute Gasteiger partial charge is 0.490 e. The van der Waals surface area contributed by atoms with Crippen LogP contribution in [0.1, 0.15) is 24.3 Å². The third-order valence-electron chi connectivity index (χ3n) is 4.03. The number of aryl methyl sites for hydroxylation is 1. The van der Waals surface area contributed by atoms with E-state index >= 15 is 0 Å². The van der Waals surface area contributed by atoms with Crippen molar-refractivity contribution in [2.75, 3.05) is 5.32 Å². The number of carbonyl (C=O) groups is 1. The predicted molar refractivity (Wildman–Crippen MR) is 99.2 cm³/mol. The normalized spacial score (nSPS) is 11.8. The lowest BCUT2D eigenvalue weighted by molar-refractivity contribution is 0.119. The summed E-state index contributed by atoms with van der Waals surface area (Å²) in [6, 6.07) is 8.96. The molecule has 2 aromatic heterocycles. The third-order valence-corrected chi connectivity index (χ3v) is 4.03. The fourth-order valence-electron chi connectivity index (χ4n) is 2.54. The van der Waals surface area contributed by atoms with Crippen LogP contribution in [-0.2, 0) is 4.74 Å². The van der Waals surface area contributed by atoms with Gasteiger partial charge in [-0.05, 0) is 26.0 Å². The molecule has 28 heavy (non-hydrogen) atoms. The van der Waals surface area contributed by atoms with E-state index in [1.54, 1.807) is 26.0 Å². The van der Waals surface area contributed by atoms with Gasteiger partial charge in [0, 0.05) is 17.2 Å². The molecule has 0 spiro atoms. The first-order valence-electron chi connectivity index (χ1n) is 8.37. The molecule has 0 aliphatic heterocycles. The molecular formula is C18H17BFN3O5. The molecule has 1 aromatic carbocycles. The zero-order valence-corrected chi connectivity index (χ0v) is 15.1. The van der Waals surface area contributed by atoms with Gasteiger partial charge >= 0.3 is 13.2 Å². The minimum absolute atomic E-state index is 0.173. The molecule has 144 valence electrons. The van der Waals surface area contributed by atoms with Gasteiger partial charge in [0.1, 0.15) is 29.0 Å². The van der Waals surface area contributed by atoms with E-state index in [1.165, 1.54) is 30.5 Å². The maximum absolute atomic E-state index is 13.8. The van der Waals surface area contributed by atoms with Crippen LogP contribution in [0.15, 0.2) is 47.1 Å². The quantitative estimate of drug-likeness (QED) is 0.576. The maximum Gasteiger partial charge on any atom is 0.490 e. The summed E-state index contributed by atoms with van der Waals surface area (Å²) >= 11 is 0. The summed E-state index contributed by atoms with van der Waals surface area (Å²) in [5.41, 5.74) is 1.41. The van der Waals surface area contributed by atoms with E-state index in [1.807, 2.05) is 0 Å². The molecule has 8 nitrogen and oxygen atoms in total. The van der Waals surface area contributed by atoms with Crippen molar-refractivity contribution in [1.82, 2.24) is 10.1 Å². The van der Waals surface area contributed by atoms with Gasteiger partial charge in [-0.1, -0.05) is 29.4 Å². The summed E-state index contributed by atoms with van der Waals surface area (Å²) in [6.45, 7) is 3.18. The number of hydrogen-bond acceptors (Lipinski definition) is 7. The minimum atomic E-state index is -1.65. The summed E-state index contributed by atoms with van der Waals surface area (Å²) in [7, 11) is -1.65. The van der Waals surface area contributed by atoms with Crippen LogP contribution in [0.25, 0.3) is 11.5 Å². The van der Waals surface area contributed by atoms with Gasteiger partial charge in [0.15, 0.2) is 0 Å². The summed E-state index contributed by atoms with van der Waals surface area (Å²) in [5, 5.41) is 24.6. The molecule has 3 rings (SSSR count). The summed E-state index contributed by atoms with van der Waals surface area (Å²) in [6.07, 6.45) is -0.362. The first-order chi connectivity index (χ1) is 13.4. The van der Waals surface area contributed by atoms with Gasteiger partial charge in [0.05, 0.1) is 0 Å². The minimum Gasteiger partial charge on any atom is -0.441 e. The van der Waals surface area contributed by atoms with Gasteiger partial charge in [-0.25, -0.2) is 9.18 Å². The van der Waals surface area contributed by atoms with Gasteiger partial charge in [-0.3, -0.25) is 10.3 Å². The molecule has 0 saturated heterocycles. The molecular weight excluding hydrogens is 368 g/mol. The van der Waals surface area contributed by atoms with Gasteiger partial charge in [-0.15, -0.1) is 0 Å². The van der Waals surface area contributed by atoms with Crippen LogP contribution >= 0.6 is 0 Å². The molecule has 3 aromatic rings. The van der Waals surface area contributed by atoms with Crippen LogP contribution in [0.4, 0.5) is 14.9 Å². The van der Waals surface area contributed by atoms with Crippen molar-refractivity contribution in [3.8, 4) is 11.5 Å². The standard InChI is InChI=1S/C18H17BFN3O5/c1-10-16(17(28-23-10)15-8-7-12(9-21-15)19(25)26)22-18(24)27-11(2)13-5-3-4-6-14(13)20/h3-9,11,25-26H,1-2H3,(H,22,24)/t11-/m1/s1. The Labute approximate surface area is 160 Å². The Morgan fingerprint density at radius 3 is 2.68 bits per heavy atom. The topological polar surface area (TPSA) is 118 Å². The summed E-state index contributed by atoms with van der Waals surface area (Å²) in [4.78, 5) is 16.3. The molecule has 0 aliphatic rings. The van der Waals surface area contributed by atoms with Crippen molar-refractivity contribution in [3.63, 3.8) is 0 Å². The fourth-order valence-corrected chi connectivity index (χ4v) is 2.54. The van der Waals surface area contributed by atoms with Crippen LogP contribution in [0.2, 0.25) is 0 Å². The monoisotopic (exact) mass is 385 g/mol. The number of ether oxygens (including phenoxy) is 1. The second kappa shape index (κ2) is 8.20. The number of rotatable bonds is 5. The van der Waals surface area contributed by atoms with Crippen molar-refractivity contribution in [3.05, 3.63) is 59.7 Å². The zero-order chi connectivity index (χ0) is 20.3. The fraction of sp³-hybridized carbons (Fsp3) is 0.167. The van der Waals surface area contributed by atoms with E-state index in [9.17, 15) is 9.18 Å². The Hall–Kier alpha value is -3.24. The van der Waals surface area contributed by atoms with E-state index < -0.39 is 25.1 Å². The Morgan fingerprint density at radius 1 is 1.29 bits per heavy atom. The number of pyridine rings is 1. The van der Waals surface area contributed by atoms with Gasteiger partial charge in [0.2, 0.25) is 5.76 Å². The van der Waals surface area contributed by atoms with Crippen molar-refractivity contribution >= 4 is 24.4 Å². The molecule has 0 aliphatic carbocycles. The summed E-state index contributed by atoms with van der Waals surface area (Å²) in [5.74, 6) is -0.299. The number of carbonyl (C=O) groups excluding carboxylic acids is 1. The highest BCUT2D eigenvalue weighted by molar-refractivity contribution is 6.58. The highest BCUT2D eigenvalue weighted by Gasteiger charge is 2.22. The number of aromatic nitrogens is 2. The second-order valence-corrected chi connectivity index (χ2v) is 6.02. The van der Waals surface area contributed by atoms with Crippen molar-refractivity contribution < 1.29 is 28.5 Å². The number of amides is 1. The first-order valence-corrected chi connectivity index (χ1v) is 8.37. The average molecular weight is 385 g/mol. The molecule has 0 saturated carbocycles. The molecule has 1 atom stereocenters. The number of anilines is 1. The lowest BCUT2D eigenvalue weighted by Gasteiger charge is -2.15. The summed E-state index contributed by atoms with van der Waals surface area (Å²) < 4.78 is 24.3. The lowest BCUT2D eigenvalue weighted by Crippen LogP contribution is -2.29. The van der Waals surface area contributed by atoms with Crippen LogP contribution in [0, 0.1) is 12.7 Å². The average Bonchev–Trinajstić information content (AvgIpc) is 3.02. The molecule has 1 amide bonds. The van der Waals surface area contributed by atoms with Gasteiger partial charge in [0.25, 0.3) is 0 Å². The van der Waals surface area contributed by atoms with Crippen LogP contribution in [0.5, 0.6) is 0 Å². The molecule has 0 radical (unpaired) electrons. The van der Waals surface area contributed by atoms with Crippen LogP contribution in [-0.4, -0.2) is 33.4 Å². The van der Waals surface area contributed by atoms with E-state index in [4.69, 9.17) is 19.3 Å². The number of nitrogens with one attached hydrogen (secondary N) is 1. The van der Waals surface area contributed by atoms with Crippen molar-refractivity contribution in [2.45, 2.75) is 20.0 Å². The number of hydrogen-bond donors (Lipinski definition) is 3. The molecule has 0 bridgehead atoms. The Morgan fingerprint density at radius 2 is 2.04 bits per heavy atom. The van der Waals surface area contributed by atoms with E-state index in [2.05, 4.69) is 15.5 Å². The molecule has 0 unspecified atom stereocenters. The number of nitrogens with zero attached hydrogens (tertiary/aromatic N) is 2. The molecule has 3 N–H and O–H groups in total. The smallest absolute Gasteiger partial charge is 0.441 e. The highest BCUT2D eigenvalue weighted by Crippen LogP contribution is 2.30. The number of benzene rings is 1. The Bertz CT molecular complexity index is 978. The van der Waals surface area contributed by atoms with Crippen molar-refractivity contribution in [2.24, 2.45) is 0 Å². The van der Waals surface area contributed by atoms with E-state index in [-0.39, 0.29) is 22.5 Å². The lowest BCUT2D eigenvalue weighted by atomic mass is 9.81. The maximum atomic E-state index is 13.8. The Balaban J connectivity index is 1.76. The zero-order valence-electron chi connectivity index (χ0n) is 15.1. The van der Waals surface area contributed by atoms with E-state index in [0.717, 1.165) is 0 Å². The highest BCUT2D eigenvalue weighted by atomic mass is 19.1. The Kier molecular flexibility index (Phi) is 5.71. The SMILES string of the molecule is Cc1noc(-c2ccc(B(O)O)cn2)c1NC(=O)O[C@H](C)c1ccccc1F. The second-order valence-electron chi connectivity index (χ2n) is 6.02. The van der Waals surface area contributed by atoms with Crippen LogP contribution < -0.4 is 10.8 Å². The predicted octanol–water partition coefficient (Wildman–Crippen LogP) is 2.17. The molecule has 2 heterocycles. The number of halogens is 1. The molecule has 10 heteroatoms. The van der Waals surface area contributed by atoms with E-state index in [0.29, 0.717) is 11.4 Å². The van der Waals surface area contributed by atoms with Crippen LogP contribution in [0.3, 0.4) is 0 Å². The van der Waals surface area contributed by atoms with Crippen molar-refractivity contribution in [1.29, 1.82) is 0 Å². The molecule has 0 fully saturated rings. The van der Waals surface area contributed by atoms with Gasteiger partial charge < -0.3 is 19.3 Å². The first kappa shape index (κ1) is 19.5. The third kappa shape index (κ3) is 4.18. The van der Waals surface area contributed by atoms with Gasteiger partial charge in [-0.2, -0.15) is 0 Å².